The minimum absolute atomic E-state index is 0.153. The predicted octanol–water partition coefficient (Wildman–Crippen LogP) is 3.88. The van der Waals surface area contributed by atoms with Gasteiger partial charge in [-0.25, -0.2) is 8.42 Å². The first-order chi connectivity index (χ1) is 14.3. The van der Waals surface area contributed by atoms with Crippen LogP contribution in [0.25, 0.3) is 0 Å². The Morgan fingerprint density at radius 1 is 1.20 bits per heavy atom. The van der Waals surface area contributed by atoms with Crippen LogP contribution in [-0.4, -0.2) is 44.9 Å². The Morgan fingerprint density at radius 2 is 1.90 bits per heavy atom. The van der Waals surface area contributed by atoms with Gasteiger partial charge in [0.1, 0.15) is 12.4 Å². The Labute approximate surface area is 183 Å². The summed E-state index contributed by atoms with van der Waals surface area (Å²) in [6.45, 7) is 5.46. The number of amides is 1. The third-order valence-electron chi connectivity index (χ3n) is 5.32. The molecule has 0 aliphatic carbocycles. The Hall–Kier alpha value is -2.09. The highest BCUT2D eigenvalue weighted by Crippen LogP contribution is 2.25. The van der Waals surface area contributed by atoms with E-state index >= 15 is 0 Å². The molecule has 0 aromatic heterocycles. The van der Waals surface area contributed by atoms with Gasteiger partial charge in [0.2, 0.25) is 10.0 Å². The zero-order chi connectivity index (χ0) is 21.7. The molecule has 3 rings (SSSR count). The molecule has 1 N–H and O–H groups in total. The molecule has 1 fully saturated rings. The van der Waals surface area contributed by atoms with Crippen molar-refractivity contribution in [3.8, 4) is 5.75 Å². The molecule has 1 heterocycles. The van der Waals surface area contributed by atoms with E-state index in [4.69, 9.17) is 16.3 Å². The number of hydrogen-bond acceptors (Lipinski definition) is 4. The van der Waals surface area contributed by atoms with E-state index < -0.39 is 10.0 Å². The summed E-state index contributed by atoms with van der Waals surface area (Å²) in [6, 6.07) is 11.8. The predicted molar refractivity (Wildman–Crippen MR) is 118 cm³/mol. The standard InChI is InChI=1S/C22H27ClN2O4S/c1-16-9-12-25(13-10-16)30(27,28)18-8-7-17(2)19(15-18)22(26)24-11-14-29-21-6-4-3-5-20(21)23/h3-8,15-16H,9-14H2,1-2H3,(H,24,26). The van der Waals surface area contributed by atoms with Crippen LogP contribution in [0.15, 0.2) is 47.4 Å². The van der Waals surface area contributed by atoms with Crippen LogP contribution in [0.4, 0.5) is 0 Å². The van der Waals surface area contributed by atoms with Crippen molar-refractivity contribution in [2.24, 2.45) is 5.92 Å². The molecule has 0 radical (unpaired) electrons. The fourth-order valence-corrected chi connectivity index (χ4v) is 5.05. The lowest BCUT2D eigenvalue weighted by atomic mass is 10.0. The van der Waals surface area contributed by atoms with Gasteiger partial charge in [0.15, 0.2) is 0 Å². The second kappa shape index (κ2) is 9.81. The second-order valence-electron chi connectivity index (χ2n) is 7.60. The zero-order valence-electron chi connectivity index (χ0n) is 17.2. The van der Waals surface area contributed by atoms with Crippen LogP contribution < -0.4 is 10.1 Å². The molecular formula is C22H27ClN2O4S. The third-order valence-corrected chi connectivity index (χ3v) is 7.52. The quantitative estimate of drug-likeness (QED) is 0.649. The van der Waals surface area contributed by atoms with E-state index in [0.29, 0.717) is 40.9 Å². The Morgan fingerprint density at radius 3 is 2.60 bits per heavy atom. The number of carbonyl (C=O) groups excluding carboxylic acids is 1. The molecule has 162 valence electrons. The summed E-state index contributed by atoms with van der Waals surface area (Å²) in [4.78, 5) is 12.8. The molecule has 2 aromatic carbocycles. The summed E-state index contributed by atoms with van der Waals surface area (Å²) in [5, 5.41) is 3.28. The van der Waals surface area contributed by atoms with Crippen LogP contribution >= 0.6 is 11.6 Å². The minimum atomic E-state index is -3.61. The number of para-hydroxylation sites is 1. The zero-order valence-corrected chi connectivity index (χ0v) is 18.8. The van der Waals surface area contributed by atoms with E-state index in [1.54, 1.807) is 31.2 Å². The lowest BCUT2D eigenvalue weighted by Gasteiger charge is -2.29. The van der Waals surface area contributed by atoms with Crippen molar-refractivity contribution in [2.45, 2.75) is 31.6 Å². The normalized spacial score (nSPS) is 15.7. The molecule has 0 spiro atoms. The fraction of sp³-hybridized carbons (Fsp3) is 0.409. The molecule has 1 amide bonds. The molecule has 0 atom stereocenters. The minimum Gasteiger partial charge on any atom is -0.490 e. The maximum atomic E-state index is 13.0. The topological polar surface area (TPSA) is 75.7 Å². The van der Waals surface area contributed by atoms with Crippen LogP contribution in [-0.2, 0) is 10.0 Å². The first kappa shape index (κ1) is 22.6. The molecular weight excluding hydrogens is 424 g/mol. The van der Waals surface area contributed by atoms with E-state index in [0.717, 1.165) is 12.8 Å². The first-order valence-electron chi connectivity index (χ1n) is 10.1. The Balaban J connectivity index is 1.64. The highest BCUT2D eigenvalue weighted by molar-refractivity contribution is 7.89. The Bertz CT molecular complexity index is 1000. The molecule has 0 unspecified atom stereocenters. The maximum Gasteiger partial charge on any atom is 0.251 e. The highest BCUT2D eigenvalue weighted by atomic mass is 35.5. The molecule has 0 saturated carbocycles. The van der Waals surface area contributed by atoms with Crippen molar-refractivity contribution in [3.63, 3.8) is 0 Å². The van der Waals surface area contributed by atoms with Crippen molar-refractivity contribution >= 4 is 27.5 Å². The maximum absolute atomic E-state index is 13.0. The summed E-state index contributed by atoms with van der Waals surface area (Å²) in [7, 11) is -3.61. The summed E-state index contributed by atoms with van der Waals surface area (Å²) >= 11 is 6.04. The SMILES string of the molecule is Cc1ccc(S(=O)(=O)N2CCC(C)CC2)cc1C(=O)NCCOc1ccccc1Cl. The van der Waals surface area contributed by atoms with Crippen LogP contribution in [0.1, 0.15) is 35.7 Å². The average Bonchev–Trinajstić information content (AvgIpc) is 2.72. The summed E-state index contributed by atoms with van der Waals surface area (Å²) in [5.41, 5.74) is 1.06. The van der Waals surface area contributed by atoms with Gasteiger partial charge in [-0.05, 0) is 55.5 Å². The van der Waals surface area contributed by atoms with Gasteiger partial charge < -0.3 is 10.1 Å². The van der Waals surface area contributed by atoms with Gasteiger partial charge in [-0.1, -0.05) is 36.7 Å². The molecule has 30 heavy (non-hydrogen) atoms. The van der Waals surface area contributed by atoms with Crippen LogP contribution in [0.5, 0.6) is 5.75 Å². The lowest BCUT2D eigenvalue weighted by Crippen LogP contribution is -2.38. The highest BCUT2D eigenvalue weighted by Gasteiger charge is 2.28. The van der Waals surface area contributed by atoms with Gasteiger partial charge >= 0.3 is 0 Å². The summed E-state index contributed by atoms with van der Waals surface area (Å²) in [6.07, 6.45) is 1.70. The van der Waals surface area contributed by atoms with Gasteiger partial charge in [-0.2, -0.15) is 4.31 Å². The molecule has 0 bridgehead atoms. The van der Waals surface area contributed by atoms with Gasteiger partial charge in [-0.15, -0.1) is 0 Å². The number of benzene rings is 2. The van der Waals surface area contributed by atoms with Crippen molar-refractivity contribution in [1.29, 1.82) is 0 Å². The van der Waals surface area contributed by atoms with E-state index in [2.05, 4.69) is 12.2 Å². The number of hydrogen-bond donors (Lipinski definition) is 1. The molecule has 8 heteroatoms. The molecule has 6 nitrogen and oxygen atoms in total. The summed E-state index contributed by atoms with van der Waals surface area (Å²) < 4.78 is 33.1. The van der Waals surface area contributed by atoms with E-state index in [1.807, 2.05) is 12.1 Å². The van der Waals surface area contributed by atoms with Crippen molar-refractivity contribution in [3.05, 3.63) is 58.6 Å². The number of piperidine rings is 1. The van der Waals surface area contributed by atoms with Crippen molar-refractivity contribution in [2.75, 3.05) is 26.2 Å². The molecule has 1 aliphatic rings. The number of ether oxygens (including phenoxy) is 1. The Kier molecular flexibility index (Phi) is 7.39. The van der Waals surface area contributed by atoms with Gasteiger partial charge in [0.05, 0.1) is 16.5 Å². The number of carbonyl (C=O) groups is 1. The van der Waals surface area contributed by atoms with E-state index in [9.17, 15) is 13.2 Å². The monoisotopic (exact) mass is 450 g/mol. The van der Waals surface area contributed by atoms with Crippen molar-refractivity contribution in [1.82, 2.24) is 9.62 Å². The number of rotatable bonds is 7. The lowest BCUT2D eigenvalue weighted by molar-refractivity contribution is 0.0946. The van der Waals surface area contributed by atoms with E-state index in [-0.39, 0.29) is 24.0 Å². The number of aryl methyl sites for hydroxylation is 1. The van der Waals surface area contributed by atoms with Crippen LogP contribution in [0.3, 0.4) is 0 Å². The average molecular weight is 451 g/mol. The number of halogens is 1. The van der Waals surface area contributed by atoms with Gasteiger partial charge in [0.25, 0.3) is 5.91 Å². The van der Waals surface area contributed by atoms with Crippen LogP contribution in [0.2, 0.25) is 5.02 Å². The summed E-state index contributed by atoms with van der Waals surface area (Å²) in [5.74, 6) is 0.747. The van der Waals surface area contributed by atoms with E-state index in [1.165, 1.54) is 10.4 Å². The second-order valence-corrected chi connectivity index (χ2v) is 9.94. The largest absolute Gasteiger partial charge is 0.490 e. The van der Waals surface area contributed by atoms with Gasteiger partial charge in [0, 0.05) is 18.7 Å². The number of nitrogens with zero attached hydrogens (tertiary/aromatic N) is 1. The third kappa shape index (κ3) is 5.33. The fourth-order valence-electron chi connectivity index (χ4n) is 3.36. The van der Waals surface area contributed by atoms with Gasteiger partial charge in [-0.3, -0.25) is 4.79 Å². The first-order valence-corrected chi connectivity index (χ1v) is 11.9. The molecule has 1 saturated heterocycles. The number of sulfonamides is 1. The molecule has 1 aliphatic heterocycles. The molecule has 2 aromatic rings. The van der Waals surface area contributed by atoms with Crippen LogP contribution in [0, 0.1) is 12.8 Å². The smallest absolute Gasteiger partial charge is 0.251 e. The van der Waals surface area contributed by atoms with Crippen molar-refractivity contribution < 1.29 is 17.9 Å². The number of nitrogens with one attached hydrogen (secondary N) is 1.